The second-order valence-corrected chi connectivity index (χ2v) is 4.36. The van der Waals surface area contributed by atoms with Crippen molar-refractivity contribution in [3.8, 4) is 0 Å². The molecule has 1 aromatic carbocycles. The van der Waals surface area contributed by atoms with E-state index < -0.39 is 6.10 Å². The molecule has 1 aromatic heterocycles. The van der Waals surface area contributed by atoms with Gasteiger partial charge in [-0.1, -0.05) is 36.4 Å². The van der Waals surface area contributed by atoms with Crippen LogP contribution in [0.2, 0.25) is 0 Å². The maximum absolute atomic E-state index is 9.95. The van der Waals surface area contributed by atoms with Crippen LogP contribution in [0.3, 0.4) is 0 Å². The maximum atomic E-state index is 9.95. The van der Waals surface area contributed by atoms with Crippen molar-refractivity contribution >= 4 is 0 Å². The zero-order valence-corrected chi connectivity index (χ0v) is 15.0. The third kappa shape index (κ3) is 7.57. The topological polar surface area (TPSA) is 33.1 Å². The van der Waals surface area contributed by atoms with Gasteiger partial charge in [0.05, 0.1) is 6.10 Å². The third-order valence-electron chi connectivity index (χ3n) is 2.58. The van der Waals surface area contributed by atoms with E-state index in [1.54, 1.807) is 6.20 Å². The van der Waals surface area contributed by atoms with Gasteiger partial charge in [0.2, 0.25) is 0 Å². The van der Waals surface area contributed by atoms with E-state index in [2.05, 4.69) is 4.98 Å². The first-order valence-electron chi connectivity index (χ1n) is 6.64. The fourth-order valence-corrected chi connectivity index (χ4v) is 1.67. The van der Waals surface area contributed by atoms with Crippen LogP contribution >= 0.6 is 0 Å². The number of nitrogens with zero attached hydrogens (tertiary/aromatic N) is 1. The summed E-state index contributed by atoms with van der Waals surface area (Å²) in [5.41, 5.74) is 2.00. The van der Waals surface area contributed by atoms with Gasteiger partial charge in [-0.05, 0) is 30.5 Å². The molecule has 0 saturated carbocycles. The molecular weight excluding hydrogens is 418 g/mol. The summed E-state index contributed by atoms with van der Waals surface area (Å²) in [4.78, 5) is 4.23. The molecule has 0 radical (unpaired) electrons. The molecule has 2 nitrogen and oxygen atoms in total. The number of benzene rings is 1. The molecule has 0 amide bonds. The zero-order chi connectivity index (χ0) is 13.9. The standard InChI is InChI=1S/C14H15NO.C3H7.W/c16-14(12-6-2-1-3-7-12)10-9-13-8-4-5-11-15-13;1-3-2;/h1-8,11,14,16H,9-10H2;3H,1-2H3;/q;-1;. The second kappa shape index (κ2) is 11.8. The summed E-state index contributed by atoms with van der Waals surface area (Å²) in [6.45, 7) is 4.00. The quantitative estimate of drug-likeness (QED) is 0.731. The summed E-state index contributed by atoms with van der Waals surface area (Å²) < 4.78 is 0. The normalized spacial score (nSPS) is 10.8. The molecule has 0 spiro atoms. The predicted molar refractivity (Wildman–Crippen MR) is 79.6 cm³/mol. The summed E-state index contributed by atoms with van der Waals surface area (Å²) in [7, 11) is 0. The Bertz CT molecular complexity index is 433. The number of aliphatic hydroxyl groups excluding tert-OH is 1. The van der Waals surface area contributed by atoms with Crippen molar-refractivity contribution in [2.75, 3.05) is 0 Å². The fourth-order valence-electron chi connectivity index (χ4n) is 1.67. The van der Waals surface area contributed by atoms with Crippen LogP contribution in [0.4, 0.5) is 0 Å². The molecule has 1 N–H and O–H groups in total. The van der Waals surface area contributed by atoms with E-state index in [-0.39, 0.29) is 21.1 Å². The van der Waals surface area contributed by atoms with Crippen LogP contribution in [0.25, 0.3) is 0 Å². The number of hydrogen-bond donors (Lipinski definition) is 1. The minimum Gasteiger partial charge on any atom is -0.388 e. The molecule has 0 aliphatic heterocycles. The van der Waals surface area contributed by atoms with Crippen LogP contribution in [0.5, 0.6) is 0 Å². The molecule has 1 atom stereocenters. The largest absolute Gasteiger partial charge is 0.388 e. The zero-order valence-electron chi connectivity index (χ0n) is 12.1. The van der Waals surface area contributed by atoms with Crippen molar-refractivity contribution < 1.29 is 26.2 Å². The van der Waals surface area contributed by atoms with Crippen LogP contribution in [0.15, 0.2) is 54.7 Å². The van der Waals surface area contributed by atoms with E-state index in [4.69, 9.17) is 0 Å². The average Bonchev–Trinajstić information content (AvgIpc) is 2.47. The first-order chi connectivity index (χ1) is 9.27. The van der Waals surface area contributed by atoms with Crippen LogP contribution in [-0.4, -0.2) is 10.1 Å². The molecular formula is C17H22NOW-. The van der Waals surface area contributed by atoms with Gasteiger partial charge in [-0.2, -0.15) is 13.8 Å². The van der Waals surface area contributed by atoms with E-state index in [1.807, 2.05) is 68.8 Å². The molecule has 108 valence electrons. The predicted octanol–water partition coefficient (Wildman–Crippen LogP) is 3.98. The molecule has 0 fully saturated rings. The van der Waals surface area contributed by atoms with Crippen molar-refractivity contribution in [2.45, 2.75) is 32.8 Å². The Morgan fingerprint density at radius 1 is 1.05 bits per heavy atom. The first-order valence-corrected chi connectivity index (χ1v) is 6.64. The van der Waals surface area contributed by atoms with Crippen molar-refractivity contribution in [1.82, 2.24) is 4.98 Å². The van der Waals surface area contributed by atoms with E-state index >= 15 is 0 Å². The van der Waals surface area contributed by atoms with E-state index in [1.165, 1.54) is 0 Å². The number of hydrogen-bond acceptors (Lipinski definition) is 2. The van der Waals surface area contributed by atoms with Crippen molar-refractivity contribution in [1.29, 1.82) is 0 Å². The van der Waals surface area contributed by atoms with Gasteiger partial charge in [-0.3, -0.25) is 4.98 Å². The number of pyridine rings is 1. The molecule has 1 heterocycles. The molecule has 0 bridgehead atoms. The van der Waals surface area contributed by atoms with Gasteiger partial charge < -0.3 is 11.5 Å². The average molecular weight is 440 g/mol. The Labute approximate surface area is 136 Å². The molecule has 0 aliphatic carbocycles. The van der Waals surface area contributed by atoms with Crippen LogP contribution in [0.1, 0.15) is 37.6 Å². The third-order valence-corrected chi connectivity index (χ3v) is 2.58. The molecule has 2 aromatic rings. The maximum Gasteiger partial charge on any atom is 0.0793 e. The van der Waals surface area contributed by atoms with Gasteiger partial charge in [0, 0.05) is 33.0 Å². The molecule has 1 unspecified atom stereocenters. The monoisotopic (exact) mass is 440 g/mol. The molecule has 20 heavy (non-hydrogen) atoms. The second-order valence-electron chi connectivity index (χ2n) is 4.36. The number of rotatable bonds is 4. The SMILES string of the molecule is C[CH-]C.OC(CCc1ccccn1)c1ccccc1.[W]. The van der Waals surface area contributed by atoms with Crippen molar-refractivity contribution in [3.05, 3.63) is 72.4 Å². The first kappa shape index (κ1) is 19.0. The summed E-state index contributed by atoms with van der Waals surface area (Å²) >= 11 is 0. The minimum atomic E-state index is -0.400. The van der Waals surface area contributed by atoms with Crippen molar-refractivity contribution in [2.24, 2.45) is 0 Å². The van der Waals surface area contributed by atoms with Gasteiger partial charge in [-0.25, -0.2) is 0 Å². The van der Waals surface area contributed by atoms with Gasteiger partial charge >= 0.3 is 0 Å². The van der Waals surface area contributed by atoms with Gasteiger partial charge in [0.15, 0.2) is 0 Å². The van der Waals surface area contributed by atoms with Crippen LogP contribution in [-0.2, 0) is 27.5 Å². The Balaban J connectivity index is 0.000000830. The Kier molecular flexibility index (Phi) is 11.2. The summed E-state index contributed by atoms with van der Waals surface area (Å²) in [5.74, 6) is 0. The summed E-state index contributed by atoms with van der Waals surface area (Å²) in [6.07, 6.45) is 4.89. The molecule has 2 rings (SSSR count). The fraction of sp³-hybridized carbons (Fsp3) is 0.294. The molecule has 0 saturated heterocycles. The number of aromatic nitrogens is 1. The van der Waals surface area contributed by atoms with Gasteiger partial charge in [0.1, 0.15) is 0 Å². The van der Waals surface area contributed by atoms with E-state index in [0.717, 1.165) is 17.7 Å². The minimum absolute atomic E-state index is 0. The Morgan fingerprint density at radius 3 is 2.20 bits per heavy atom. The van der Waals surface area contributed by atoms with Crippen LogP contribution < -0.4 is 0 Å². The Morgan fingerprint density at radius 2 is 1.65 bits per heavy atom. The molecule has 3 heteroatoms. The summed E-state index contributed by atoms with van der Waals surface area (Å²) in [6, 6.07) is 15.6. The summed E-state index contributed by atoms with van der Waals surface area (Å²) in [5, 5.41) is 9.95. The molecule has 0 aliphatic rings. The van der Waals surface area contributed by atoms with Crippen LogP contribution in [0, 0.1) is 6.42 Å². The van der Waals surface area contributed by atoms with Gasteiger partial charge in [0.25, 0.3) is 0 Å². The Hall–Kier alpha value is -0.982. The number of aryl methyl sites for hydroxylation is 1. The van der Waals surface area contributed by atoms with Crippen molar-refractivity contribution in [3.63, 3.8) is 0 Å². The van der Waals surface area contributed by atoms with E-state index in [9.17, 15) is 5.11 Å². The number of aliphatic hydroxyl groups is 1. The van der Waals surface area contributed by atoms with E-state index in [0.29, 0.717) is 6.42 Å². The smallest absolute Gasteiger partial charge is 0.0793 e. The van der Waals surface area contributed by atoms with Gasteiger partial charge in [-0.15, -0.1) is 0 Å².